The molecule has 0 amide bonds. The number of aromatic nitrogens is 1. The van der Waals surface area contributed by atoms with Gasteiger partial charge in [-0.1, -0.05) is 12.1 Å². The normalized spacial score (nSPS) is 10.6. The summed E-state index contributed by atoms with van der Waals surface area (Å²) in [4.78, 5) is 16.7. The first-order valence-electron chi connectivity index (χ1n) is 6.42. The molecule has 0 fully saturated rings. The summed E-state index contributed by atoms with van der Waals surface area (Å²) in [6.07, 6.45) is 1.76. The quantitative estimate of drug-likeness (QED) is 0.478. The van der Waals surface area contributed by atoms with Crippen LogP contribution >= 0.6 is 0 Å². The summed E-state index contributed by atoms with van der Waals surface area (Å²) < 4.78 is 0. The average molecular weight is 287 g/mol. The van der Waals surface area contributed by atoms with Crippen molar-refractivity contribution in [3.05, 3.63) is 64.0 Å². The summed E-state index contributed by atoms with van der Waals surface area (Å²) in [6.45, 7) is 1.34. The van der Waals surface area contributed by atoms with E-state index in [1.165, 1.54) is 6.07 Å². The topological polar surface area (TPSA) is 97.3 Å². The summed E-state index contributed by atoms with van der Waals surface area (Å²) in [7, 11) is 1.96. The van der Waals surface area contributed by atoms with Gasteiger partial charge < -0.3 is 5.43 Å². The van der Waals surface area contributed by atoms with E-state index < -0.39 is 4.92 Å². The van der Waals surface area contributed by atoms with Crippen molar-refractivity contribution in [2.75, 3.05) is 12.5 Å². The van der Waals surface area contributed by atoms with Crippen LogP contribution in [-0.4, -0.2) is 21.9 Å². The Kier molecular flexibility index (Phi) is 4.81. The maximum Gasteiger partial charge on any atom is 0.293 e. The van der Waals surface area contributed by atoms with E-state index in [0.29, 0.717) is 18.8 Å². The minimum absolute atomic E-state index is 0.0337. The van der Waals surface area contributed by atoms with Crippen LogP contribution in [0.2, 0.25) is 0 Å². The van der Waals surface area contributed by atoms with Crippen molar-refractivity contribution < 1.29 is 4.92 Å². The molecule has 0 bridgehead atoms. The van der Waals surface area contributed by atoms with Crippen molar-refractivity contribution in [2.24, 2.45) is 5.84 Å². The molecule has 1 aromatic carbocycles. The molecule has 0 radical (unpaired) electrons. The highest BCUT2D eigenvalue weighted by molar-refractivity contribution is 5.62. The number of anilines is 1. The molecule has 0 saturated carbocycles. The fourth-order valence-corrected chi connectivity index (χ4v) is 2.09. The average Bonchev–Trinajstić information content (AvgIpc) is 2.47. The summed E-state index contributed by atoms with van der Waals surface area (Å²) in [5.74, 6) is 5.33. The summed E-state index contributed by atoms with van der Waals surface area (Å²) in [5, 5.41) is 10.8. The van der Waals surface area contributed by atoms with Gasteiger partial charge in [0.2, 0.25) is 0 Å². The molecule has 0 atom stereocenters. The molecular weight excluding hydrogens is 270 g/mol. The molecule has 0 aliphatic carbocycles. The molecule has 0 aliphatic rings. The number of benzene rings is 1. The van der Waals surface area contributed by atoms with Gasteiger partial charge in [0.1, 0.15) is 5.69 Å². The van der Waals surface area contributed by atoms with Gasteiger partial charge in [-0.25, -0.2) is 0 Å². The van der Waals surface area contributed by atoms with E-state index >= 15 is 0 Å². The van der Waals surface area contributed by atoms with Crippen molar-refractivity contribution in [3.63, 3.8) is 0 Å². The molecule has 0 spiro atoms. The van der Waals surface area contributed by atoms with Crippen LogP contribution < -0.4 is 11.3 Å². The lowest BCUT2D eigenvalue weighted by Gasteiger charge is -2.16. The molecule has 0 saturated heterocycles. The maximum absolute atomic E-state index is 10.8. The predicted molar refractivity (Wildman–Crippen MR) is 80.3 cm³/mol. The summed E-state index contributed by atoms with van der Waals surface area (Å²) >= 11 is 0. The van der Waals surface area contributed by atoms with E-state index in [-0.39, 0.29) is 5.69 Å². The van der Waals surface area contributed by atoms with E-state index in [1.54, 1.807) is 18.3 Å². The van der Waals surface area contributed by atoms with Gasteiger partial charge in [-0.05, 0) is 30.8 Å². The molecule has 7 nitrogen and oxygen atoms in total. The van der Waals surface area contributed by atoms with Crippen molar-refractivity contribution in [3.8, 4) is 0 Å². The third-order valence-corrected chi connectivity index (χ3v) is 3.02. The monoisotopic (exact) mass is 287 g/mol. The van der Waals surface area contributed by atoms with Crippen LogP contribution in [0.3, 0.4) is 0 Å². The number of nitrogens with zero attached hydrogens (tertiary/aromatic N) is 3. The second kappa shape index (κ2) is 6.78. The highest BCUT2D eigenvalue weighted by Crippen LogP contribution is 2.25. The lowest BCUT2D eigenvalue weighted by atomic mass is 10.1. The minimum Gasteiger partial charge on any atom is -0.318 e. The Morgan fingerprint density at radius 3 is 2.76 bits per heavy atom. The molecule has 7 heteroatoms. The van der Waals surface area contributed by atoms with Gasteiger partial charge in [-0.15, -0.1) is 0 Å². The van der Waals surface area contributed by atoms with Crippen LogP contribution in [0.5, 0.6) is 0 Å². The molecule has 110 valence electrons. The van der Waals surface area contributed by atoms with Gasteiger partial charge in [-0.3, -0.25) is 25.8 Å². The van der Waals surface area contributed by atoms with Crippen LogP contribution in [0, 0.1) is 10.1 Å². The van der Waals surface area contributed by atoms with E-state index in [0.717, 1.165) is 11.3 Å². The van der Waals surface area contributed by atoms with Crippen LogP contribution in [0.25, 0.3) is 0 Å². The Morgan fingerprint density at radius 2 is 2.14 bits per heavy atom. The van der Waals surface area contributed by atoms with Gasteiger partial charge in [0.05, 0.1) is 10.6 Å². The summed E-state index contributed by atoms with van der Waals surface area (Å²) in [6, 6.07) is 10.6. The fourth-order valence-electron chi connectivity index (χ4n) is 2.09. The lowest BCUT2D eigenvalue weighted by Crippen LogP contribution is -2.18. The SMILES string of the molecule is CN(Cc1ccc([N+](=O)[O-])c(NN)c1)Cc1ccccn1. The Balaban J connectivity index is 2.07. The Labute approximate surface area is 122 Å². The van der Waals surface area contributed by atoms with Gasteiger partial charge in [-0.2, -0.15) is 0 Å². The number of hydrazine groups is 1. The Morgan fingerprint density at radius 1 is 1.33 bits per heavy atom. The number of nitrogen functional groups attached to an aromatic ring is 1. The molecule has 3 N–H and O–H groups in total. The van der Waals surface area contributed by atoms with Crippen LogP contribution in [-0.2, 0) is 13.1 Å². The van der Waals surface area contributed by atoms with Gasteiger partial charge in [0.25, 0.3) is 5.69 Å². The largest absolute Gasteiger partial charge is 0.318 e. The molecule has 1 aromatic heterocycles. The summed E-state index contributed by atoms with van der Waals surface area (Å²) in [5.41, 5.74) is 4.55. The van der Waals surface area contributed by atoms with Crippen molar-refractivity contribution in [1.29, 1.82) is 0 Å². The molecule has 2 rings (SSSR count). The zero-order valence-electron chi connectivity index (χ0n) is 11.7. The first kappa shape index (κ1) is 14.9. The van der Waals surface area contributed by atoms with E-state index in [4.69, 9.17) is 5.84 Å². The smallest absolute Gasteiger partial charge is 0.293 e. The number of pyridine rings is 1. The third kappa shape index (κ3) is 3.98. The standard InChI is InChI=1S/C14H17N5O2/c1-18(10-12-4-2-3-7-16-12)9-11-5-6-14(19(20)21)13(8-11)17-15/h2-8,17H,9-10,15H2,1H3. The number of hydrogen-bond donors (Lipinski definition) is 2. The van der Waals surface area contributed by atoms with Crippen LogP contribution in [0.15, 0.2) is 42.6 Å². The molecular formula is C14H17N5O2. The van der Waals surface area contributed by atoms with Crippen molar-refractivity contribution >= 4 is 11.4 Å². The number of nitro groups is 1. The maximum atomic E-state index is 10.8. The minimum atomic E-state index is -0.462. The zero-order valence-corrected chi connectivity index (χ0v) is 11.7. The molecule has 0 unspecified atom stereocenters. The zero-order chi connectivity index (χ0) is 15.2. The molecule has 2 aromatic rings. The molecule has 1 heterocycles. The van der Waals surface area contributed by atoms with Crippen molar-refractivity contribution in [1.82, 2.24) is 9.88 Å². The Bertz CT molecular complexity index is 618. The first-order valence-corrected chi connectivity index (χ1v) is 6.42. The second-order valence-electron chi connectivity index (χ2n) is 4.75. The molecule has 0 aliphatic heterocycles. The first-order chi connectivity index (χ1) is 10.1. The highest BCUT2D eigenvalue weighted by atomic mass is 16.6. The Hall–Kier alpha value is -2.51. The second-order valence-corrected chi connectivity index (χ2v) is 4.75. The van der Waals surface area contributed by atoms with E-state index in [9.17, 15) is 10.1 Å². The number of nitro benzene ring substituents is 1. The van der Waals surface area contributed by atoms with Gasteiger partial charge in [0.15, 0.2) is 0 Å². The molecule has 21 heavy (non-hydrogen) atoms. The van der Waals surface area contributed by atoms with E-state index in [1.807, 2.05) is 25.2 Å². The third-order valence-electron chi connectivity index (χ3n) is 3.02. The fraction of sp³-hybridized carbons (Fsp3) is 0.214. The van der Waals surface area contributed by atoms with Gasteiger partial charge >= 0.3 is 0 Å². The van der Waals surface area contributed by atoms with E-state index in [2.05, 4.69) is 15.3 Å². The number of rotatable bonds is 6. The number of nitrogens with two attached hydrogens (primary N) is 1. The number of hydrogen-bond acceptors (Lipinski definition) is 6. The van der Waals surface area contributed by atoms with Gasteiger partial charge in [0, 0.05) is 25.4 Å². The van der Waals surface area contributed by atoms with Crippen LogP contribution in [0.4, 0.5) is 11.4 Å². The van der Waals surface area contributed by atoms with Crippen LogP contribution in [0.1, 0.15) is 11.3 Å². The van der Waals surface area contributed by atoms with Crippen molar-refractivity contribution in [2.45, 2.75) is 13.1 Å². The lowest BCUT2D eigenvalue weighted by molar-refractivity contribution is -0.384. The number of nitrogens with one attached hydrogen (secondary N) is 1. The predicted octanol–water partition coefficient (Wildman–Crippen LogP) is 1.91. The highest BCUT2D eigenvalue weighted by Gasteiger charge is 2.13.